The average molecular weight is 509 g/mol. The monoisotopic (exact) mass is 508 g/mol. The van der Waals surface area contributed by atoms with Gasteiger partial charge in [0.25, 0.3) is 5.56 Å². The van der Waals surface area contributed by atoms with Gasteiger partial charge in [-0.3, -0.25) is 18.7 Å². The molecule has 4 heterocycles. The van der Waals surface area contributed by atoms with Crippen LogP contribution in [0.25, 0.3) is 16.7 Å². The van der Waals surface area contributed by atoms with Gasteiger partial charge in [0.2, 0.25) is 5.91 Å². The second-order valence-electron chi connectivity index (χ2n) is 11.0. The van der Waals surface area contributed by atoms with Crippen LogP contribution in [-0.2, 0) is 11.3 Å². The van der Waals surface area contributed by atoms with Crippen LogP contribution in [0.2, 0.25) is 5.15 Å². The number of hydrogen-bond donors (Lipinski definition) is 1. The van der Waals surface area contributed by atoms with Crippen LogP contribution in [0.5, 0.6) is 11.5 Å². The highest BCUT2D eigenvalue weighted by molar-refractivity contribution is 6.38. The Hall–Kier alpha value is -2.91. The average Bonchev–Trinajstić information content (AvgIpc) is 3.36. The van der Waals surface area contributed by atoms with Gasteiger partial charge < -0.3 is 19.5 Å². The molecule has 3 aliphatic rings. The summed E-state index contributed by atoms with van der Waals surface area (Å²) in [4.78, 5) is 32.4. The van der Waals surface area contributed by atoms with E-state index in [1.807, 2.05) is 39.6 Å². The molecule has 2 aliphatic heterocycles. The van der Waals surface area contributed by atoms with Gasteiger partial charge in [-0.1, -0.05) is 18.5 Å². The number of fused-ring (bicyclic) bond motifs is 2. The number of rotatable bonds is 4. The zero-order chi connectivity index (χ0) is 25.5. The van der Waals surface area contributed by atoms with E-state index in [9.17, 15) is 14.7 Å². The molecular formula is C24H27B2ClN4O5. The van der Waals surface area contributed by atoms with Crippen molar-refractivity contribution in [3.63, 3.8) is 0 Å². The summed E-state index contributed by atoms with van der Waals surface area (Å²) in [6.07, 6.45) is 4.14. The molecule has 1 aliphatic carbocycles. The van der Waals surface area contributed by atoms with Gasteiger partial charge in [0, 0.05) is 24.6 Å². The maximum absolute atomic E-state index is 13.4. The first-order valence-corrected chi connectivity index (χ1v) is 12.7. The van der Waals surface area contributed by atoms with Gasteiger partial charge in [-0.2, -0.15) is 0 Å². The van der Waals surface area contributed by atoms with Gasteiger partial charge in [0.05, 0.1) is 23.2 Å². The lowest BCUT2D eigenvalue weighted by atomic mass is 9.76. The molecule has 36 heavy (non-hydrogen) atoms. The van der Waals surface area contributed by atoms with E-state index >= 15 is 0 Å². The molecule has 1 saturated heterocycles. The van der Waals surface area contributed by atoms with E-state index in [2.05, 4.69) is 4.98 Å². The number of aliphatic hydroxyl groups is 1. The van der Waals surface area contributed by atoms with Crippen molar-refractivity contribution in [2.75, 3.05) is 13.1 Å². The topological polar surface area (TPSA) is 98.8 Å². The molecular weight excluding hydrogens is 481 g/mol. The van der Waals surface area contributed by atoms with E-state index in [0.29, 0.717) is 59.3 Å². The van der Waals surface area contributed by atoms with Crippen LogP contribution in [0, 0.1) is 5.41 Å². The van der Waals surface area contributed by atoms with E-state index in [4.69, 9.17) is 21.1 Å². The summed E-state index contributed by atoms with van der Waals surface area (Å²) < 4.78 is 14.7. The van der Waals surface area contributed by atoms with Crippen LogP contribution < -0.4 is 15.0 Å². The smallest absolute Gasteiger partial charge is 0.262 e. The normalized spacial score (nSPS) is 21.0. The Morgan fingerprint density at radius 1 is 1.14 bits per heavy atom. The van der Waals surface area contributed by atoms with Crippen molar-refractivity contribution >= 4 is 44.2 Å². The first kappa shape index (κ1) is 23.5. The lowest BCUT2D eigenvalue weighted by Crippen LogP contribution is -2.51. The Balaban J connectivity index is 1.25. The minimum atomic E-state index is -1.09. The van der Waals surface area contributed by atoms with E-state index in [-0.39, 0.29) is 23.4 Å². The van der Waals surface area contributed by atoms with E-state index in [1.165, 1.54) is 10.9 Å². The van der Waals surface area contributed by atoms with Crippen LogP contribution >= 0.6 is 11.6 Å². The molecule has 2 aromatic heterocycles. The second-order valence-corrected chi connectivity index (χ2v) is 11.4. The molecule has 186 valence electrons. The highest BCUT2D eigenvalue weighted by Crippen LogP contribution is 2.47. The van der Waals surface area contributed by atoms with Gasteiger partial charge in [0.1, 0.15) is 11.5 Å². The van der Waals surface area contributed by atoms with Crippen molar-refractivity contribution in [2.45, 2.75) is 50.3 Å². The lowest BCUT2D eigenvalue weighted by Gasteiger charge is -2.39. The highest BCUT2D eigenvalue weighted by atomic mass is 35.5. The molecule has 0 unspecified atom stereocenters. The predicted molar refractivity (Wildman–Crippen MR) is 140 cm³/mol. The summed E-state index contributed by atoms with van der Waals surface area (Å²) in [6.45, 7) is 3.07. The Bertz CT molecular complexity index is 1460. The van der Waals surface area contributed by atoms with Crippen LogP contribution in [-0.4, -0.2) is 70.0 Å². The molecule has 0 bridgehead atoms. The molecule has 1 N–H and O–H groups in total. The summed E-state index contributed by atoms with van der Waals surface area (Å²) >= 11 is 6.56. The quantitative estimate of drug-likeness (QED) is 0.520. The van der Waals surface area contributed by atoms with Crippen LogP contribution in [0.1, 0.15) is 32.6 Å². The van der Waals surface area contributed by atoms with Crippen molar-refractivity contribution in [3.8, 4) is 17.2 Å². The minimum absolute atomic E-state index is 0.107. The molecule has 1 amide bonds. The summed E-state index contributed by atoms with van der Waals surface area (Å²) in [5.74, 6) is 1.40. The molecule has 0 spiro atoms. The third-order valence-electron chi connectivity index (χ3n) is 7.60. The van der Waals surface area contributed by atoms with Crippen LogP contribution in [0.15, 0.2) is 35.4 Å². The summed E-state index contributed by atoms with van der Waals surface area (Å²) in [5.41, 5.74) is -1.22. The number of halogens is 1. The van der Waals surface area contributed by atoms with Gasteiger partial charge in [-0.05, 0) is 43.9 Å². The van der Waals surface area contributed by atoms with Gasteiger partial charge >= 0.3 is 0 Å². The molecule has 9 nitrogen and oxygen atoms in total. The third-order valence-corrected chi connectivity index (χ3v) is 7.88. The number of ether oxygens (including phenoxy) is 2. The Kier molecular flexibility index (Phi) is 5.08. The number of hydrogen-bond acceptors (Lipinski definition) is 6. The molecule has 12 heteroatoms. The number of aromatic nitrogens is 3. The van der Waals surface area contributed by atoms with Crippen LogP contribution in [0.3, 0.4) is 0 Å². The van der Waals surface area contributed by atoms with Gasteiger partial charge in [0.15, 0.2) is 38.4 Å². The summed E-state index contributed by atoms with van der Waals surface area (Å²) in [6, 6.07) is 7.04. The molecule has 2 fully saturated rings. The Labute approximate surface area is 214 Å². The number of amides is 1. The highest BCUT2D eigenvalue weighted by Gasteiger charge is 2.48. The van der Waals surface area contributed by atoms with Crippen molar-refractivity contribution in [1.29, 1.82) is 0 Å². The first-order valence-electron chi connectivity index (χ1n) is 12.3. The van der Waals surface area contributed by atoms with Crippen molar-refractivity contribution in [3.05, 3.63) is 46.1 Å². The molecule has 3 aromatic rings. The number of nitrogens with zero attached hydrogens (tertiary/aromatic N) is 4. The lowest BCUT2D eigenvalue weighted by molar-refractivity contribution is -0.141. The number of carbonyl (C=O) groups excluding carboxylic acids is 1. The molecule has 1 saturated carbocycles. The number of carbonyl (C=O) groups is 1. The van der Waals surface area contributed by atoms with E-state index in [1.54, 1.807) is 16.7 Å². The zero-order valence-corrected chi connectivity index (χ0v) is 21.3. The maximum Gasteiger partial charge on any atom is 0.262 e. The molecule has 6 rings (SSSR count). The Morgan fingerprint density at radius 3 is 2.53 bits per heavy atom. The number of likely N-dealkylation sites (tertiary alicyclic amines) is 1. The largest absolute Gasteiger partial charge is 0.467 e. The fourth-order valence-electron chi connectivity index (χ4n) is 5.18. The van der Waals surface area contributed by atoms with Crippen molar-refractivity contribution < 1.29 is 19.4 Å². The Morgan fingerprint density at radius 2 is 1.83 bits per heavy atom. The molecule has 0 radical (unpaired) electrons. The fourth-order valence-corrected chi connectivity index (χ4v) is 5.47. The SMILES string of the molecule is BC1(B)Oc2ccc(-n3c(Cl)cc4c(=O)n(CC5(O)CCN(C(=O)C6(C)CC6)CC5)cnc43)cc2O1. The number of benzene rings is 1. The van der Waals surface area contributed by atoms with Gasteiger partial charge in [-0.25, -0.2) is 4.98 Å². The molecule has 0 atom stereocenters. The van der Waals surface area contributed by atoms with Crippen LogP contribution in [0.4, 0.5) is 0 Å². The summed E-state index contributed by atoms with van der Waals surface area (Å²) in [5, 5.41) is 11.9. The standard InChI is InChI=1S/C24H27B2ClN4O5/c1-22(4-5-22)21(33)29-8-6-23(34,7-9-29)12-30-13-28-19-15(20(30)32)11-18(27)31(19)14-2-3-16-17(10-14)36-24(25,26)35-16/h2-3,10-11,13,34H,4-9,12,25-26H2,1H3. The second kappa shape index (κ2) is 7.79. The van der Waals surface area contributed by atoms with Gasteiger partial charge in [-0.15, -0.1) is 0 Å². The van der Waals surface area contributed by atoms with Crippen molar-refractivity contribution in [1.82, 2.24) is 19.0 Å². The van der Waals surface area contributed by atoms with Crippen molar-refractivity contribution in [2.24, 2.45) is 5.41 Å². The first-order chi connectivity index (χ1) is 17.0. The van der Waals surface area contributed by atoms with E-state index in [0.717, 1.165) is 12.8 Å². The third kappa shape index (κ3) is 3.89. The summed E-state index contributed by atoms with van der Waals surface area (Å²) in [7, 11) is 3.66. The molecule has 1 aromatic carbocycles. The maximum atomic E-state index is 13.4. The zero-order valence-electron chi connectivity index (χ0n) is 20.6. The predicted octanol–water partition coefficient (Wildman–Crippen LogP) is 0.643. The fraction of sp³-hybridized carbons (Fsp3) is 0.458. The minimum Gasteiger partial charge on any atom is -0.467 e. The number of piperidine rings is 1. The van der Waals surface area contributed by atoms with E-state index < -0.39 is 11.2 Å².